The number of phenols is 1. The van der Waals surface area contributed by atoms with Crippen molar-refractivity contribution in [1.29, 1.82) is 0 Å². The van der Waals surface area contributed by atoms with Crippen molar-refractivity contribution in [3.05, 3.63) is 23.8 Å². The summed E-state index contributed by atoms with van der Waals surface area (Å²) < 4.78 is 5.39. The van der Waals surface area contributed by atoms with Crippen molar-refractivity contribution in [1.82, 2.24) is 5.32 Å². The van der Waals surface area contributed by atoms with E-state index in [0.29, 0.717) is 18.7 Å². The van der Waals surface area contributed by atoms with E-state index in [1.807, 2.05) is 0 Å². The zero-order valence-corrected chi connectivity index (χ0v) is 9.27. The second-order valence-electron chi connectivity index (χ2n) is 3.85. The van der Waals surface area contributed by atoms with E-state index in [1.165, 1.54) is 6.07 Å². The molecule has 17 heavy (non-hydrogen) atoms. The van der Waals surface area contributed by atoms with Gasteiger partial charge in [0.1, 0.15) is 12.0 Å². The SMILES string of the molecule is NC(=O)Nc1ccc(C[C@H]2NCCO2)c(O)c1. The van der Waals surface area contributed by atoms with Crippen LogP contribution in [0.2, 0.25) is 0 Å². The molecule has 1 heterocycles. The summed E-state index contributed by atoms with van der Waals surface area (Å²) in [6, 6.07) is 4.24. The molecule has 1 saturated heterocycles. The maximum atomic E-state index is 10.6. The lowest BCUT2D eigenvalue weighted by Gasteiger charge is -2.12. The molecular formula is C11H15N3O3. The zero-order valence-electron chi connectivity index (χ0n) is 9.27. The molecule has 0 saturated carbocycles. The Hall–Kier alpha value is -1.79. The van der Waals surface area contributed by atoms with Crippen molar-refractivity contribution in [2.45, 2.75) is 12.6 Å². The van der Waals surface area contributed by atoms with Crippen LogP contribution in [-0.4, -0.2) is 30.5 Å². The van der Waals surface area contributed by atoms with E-state index < -0.39 is 6.03 Å². The van der Waals surface area contributed by atoms with Crippen molar-refractivity contribution in [2.24, 2.45) is 5.73 Å². The van der Waals surface area contributed by atoms with Gasteiger partial charge in [0.2, 0.25) is 0 Å². The van der Waals surface area contributed by atoms with Gasteiger partial charge in [-0.25, -0.2) is 4.79 Å². The number of rotatable bonds is 3. The summed E-state index contributed by atoms with van der Waals surface area (Å²) in [5.41, 5.74) is 6.22. The number of carbonyl (C=O) groups excluding carboxylic acids is 1. The predicted octanol–water partition coefficient (Wildman–Crippen LogP) is 0.371. The Morgan fingerprint density at radius 1 is 1.65 bits per heavy atom. The maximum absolute atomic E-state index is 10.6. The largest absolute Gasteiger partial charge is 0.508 e. The number of anilines is 1. The molecule has 1 aliphatic rings. The molecule has 5 N–H and O–H groups in total. The van der Waals surface area contributed by atoms with Crippen LogP contribution in [0.1, 0.15) is 5.56 Å². The van der Waals surface area contributed by atoms with Crippen LogP contribution in [-0.2, 0) is 11.2 Å². The van der Waals surface area contributed by atoms with Crippen LogP contribution in [0.5, 0.6) is 5.75 Å². The van der Waals surface area contributed by atoms with Crippen LogP contribution in [0.15, 0.2) is 18.2 Å². The number of nitrogens with two attached hydrogens (primary N) is 1. The molecule has 0 unspecified atom stereocenters. The highest BCUT2D eigenvalue weighted by Crippen LogP contribution is 2.23. The summed E-state index contributed by atoms with van der Waals surface area (Å²) in [4.78, 5) is 10.6. The Bertz CT molecular complexity index is 416. The smallest absolute Gasteiger partial charge is 0.316 e. The summed E-state index contributed by atoms with van der Waals surface area (Å²) in [5.74, 6) is 0.119. The molecule has 2 rings (SSSR count). The Labute approximate surface area is 98.8 Å². The number of nitrogens with one attached hydrogen (secondary N) is 2. The normalized spacial score (nSPS) is 19.2. The summed E-state index contributed by atoms with van der Waals surface area (Å²) >= 11 is 0. The van der Waals surface area contributed by atoms with Crippen LogP contribution in [0.3, 0.4) is 0 Å². The molecule has 2 amide bonds. The number of aromatic hydroxyl groups is 1. The molecule has 1 aromatic carbocycles. The van der Waals surface area contributed by atoms with Gasteiger partial charge in [0.25, 0.3) is 0 Å². The first-order valence-electron chi connectivity index (χ1n) is 5.38. The Morgan fingerprint density at radius 2 is 2.47 bits per heavy atom. The fraction of sp³-hybridized carbons (Fsp3) is 0.364. The number of hydrogen-bond acceptors (Lipinski definition) is 4. The summed E-state index contributed by atoms with van der Waals surface area (Å²) in [6.07, 6.45) is 0.527. The fourth-order valence-corrected chi connectivity index (χ4v) is 1.77. The first-order chi connectivity index (χ1) is 8.15. The molecule has 0 radical (unpaired) electrons. The quantitative estimate of drug-likeness (QED) is 0.610. The first-order valence-corrected chi connectivity index (χ1v) is 5.38. The Morgan fingerprint density at radius 3 is 3.06 bits per heavy atom. The van der Waals surface area contributed by atoms with Gasteiger partial charge in [-0.1, -0.05) is 6.07 Å². The van der Waals surface area contributed by atoms with Crippen molar-refractivity contribution >= 4 is 11.7 Å². The Kier molecular flexibility index (Phi) is 3.46. The maximum Gasteiger partial charge on any atom is 0.316 e. The number of carbonyl (C=O) groups is 1. The van der Waals surface area contributed by atoms with E-state index in [9.17, 15) is 9.90 Å². The zero-order chi connectivity index (χ0) is 12.3. The van der Waals surface area contributed by atoms with E-state index in [2.05, 4.69) is 10.6 Å². The van der Waals surface area contributed by atoms with Gasteiger partial charge in [0.05, 0.1) is 6.61 Å². The van der Waals surface area contributed by atoms with Gasteiger partial charge in [0, 0.05) is 24.7 Å². The van der Waals surface area contributed by atoms with Crippen LogP contribution in [0.4, 0.5) is 10.5 Å². The van der Waals surface area contributed by atoms with E-state index in [0.717, 1.165) is 12.1 Å². The lowest BCUT2D eigenvalue weighted by molar-refractivity contribution is 0.101. The van der Waals surface area contributed by atoms with Gasteiger partial charge >= 0.3 is 6.03 Å². The molecule has 0 aliphatic carbocycles. The van der Waals surface area contributed by atoms with Crippen molar-refractivity contribution in [3.8, 4) is 5.75 Å². The first kappa shape index (κ1) is 11.7. The number of amides is 2. The van der Waals surface area contributed by atoms with Gasteiger partial charge in [-0.15, -0.1) is 0 Å². The third kappa shape index (κ3) is 3.08. The van der Waals surface area contributed by atoms with Gasteiger partial charge in [-0.3, -0.25) is 5.32 Å². The van der Waals surface area contributed by atoms with Crippen molar-refractivity contribution in [3.63, 3.8) is 0 Å². The molecule has 1 aliphatic heterocycles. The van der Waals surface area contributed by atoms with Gasteiger partial charge < -0.3 is 20.9 Å². The third-order valence-electron chi connectivity index (χ3n) is 2.55. The lowest BCUT2D eigenvalue weighted by atomic mass is 10.1. The van der Waals surface area contributed by atoms with Crippen molar-refractivity contribution in [2.75, 3.05) is 18.5 Å². The number of hydrogen-bond donors (Lipinski definition) is 4. The molecule has 1 aromatic rings. The number of benzene rings is 1. The minimum Gasteiger partial charge on any atom is -0.508 e. The standard InChI is InChI=1S/C11H15N3O3/c12-11(16)14-8-2-1-7(9(15)6-8)5-10-13-3-4-17-10/h1-2,6,10,13,15H,3-5H2,(H3,12,14,16)/t10-/m0/s1. The molecule has 6 heteroatoms. The van der Waals surface area contributed by atoms with Crippen LogP contribution < -0.4 is 16.4 Å². The summed E-state index contributed by atoms with van der Waals surface area (Å²) in [5, 5.41) is 15.3. The topological polar surface area (TPSA) is 96.6 Å². The van der Waals surface area contributed by atoms with Gasteiger partial charge in [-0.05, 0) is 11.6 Å². The van der Waals surface area contributed by atoms with Crippen molar-refractivity contribution < 1.29 is 14.6 Å². The predicted molar refractivity (Wildman–Crippen MR) is 62.8 cm³/mol. The number of urea groups is 1. The van der Waals surface area contributed by atoms with Crippen LogP contribution in [0, 0.1) is 0 Å². The molecule has 1 fully saturated rings. The van der Waals surface area contributed by atoms with E-state index >= 15 is 0 Å². The molecular weight excluding hydrogens is 222 g/mol. The highest BCUT2D eigenvalue weighted by molar-refractivity contribution is 5.88. The molecule has 0 spiro atoms. The molecule has 0 aromatic heterocycles. The number of primary amides is 1. The fourth-order valence-electron chi connectivity index (χ4n) is 1.77. The van der Waals surface area contributed by atoms with E-state index in [1.54, 1.807) is 12.1 Å². The Balaban J connectivity index is 2.05. The monoisotopic (exact) mass is 237 g/mol. The second kappa shape index (κ2) is 5.03. The average Bonchev–Trinajstić information content (AvgIpc) is 2.74. The van der Waals surface area contributed by atoms with Crippen LogP contribution in [0.25, 0.3) is 0 Å². The summed E-state index contributed by atoms with van der Waals surface area (Å²) in [6.45, 7) is 1.51. The van der Waals surface area contributed by atoms with Gasteiger partial charge in [0.15, 0.2) is 0 Å². The average molecular weight is 237 g/mol. The highest BCUT2D eigenvalue weighted by atomic mass is 16.5. The minimum atomic E-state index is -0.655. The molecule has 6 nitrogen and oxygen atoms in total. The minimum absolute atomic E-state index is 0.0594. The second-order valence-corrected chi connectivity index (χ2v) is 3.85. The number of phenolic OH excluding ortho intramolecular Hbond substituents is 1. The number of ether oxygens (including phenoxy) is 1. The third-order valence-corrected chi connectivity index (χ3v) is 2.55. The molecule has 0 bridgehead atoms. The summed E-state index contributed by atoms with van der Waals surface area (Å²) in [7, 11) is 0. The molecule has 1 atom stereocenters. The van der Waals surface area contributed by atoms with Crippen LogP contribution >= 0.6 is 0 Å². The van der Waals surface area contributed by atoms with E-state index in [4.69, 9.17) is 10.5 Å². The lowest BCUT2D eigenvalue weighted by Crippen LogP contribution is -2.25. The highest BCUT2D eigenvalue weighted by Gasteiger charge is 2.16. The van der Waals surface area contributed by atoms with Gasteiger partial charge in [-0.2, -0.15) is 0 Å². The van der Waals surface area contributed by atoms with E-state index in [-0.39, 0.29) is 12.0 Å². The molecule has 92 valence electrons.